The second-order valence-corrected chi connectivity index (χ2v) is 12.7. The Bertz CT molecular complexity index is 1410. The summed E-state index contributed by atoms with van der Waals surface area (Å²) in [5.74, 6) is -0.666. The minimum atomic E-state index is -4.59. The fourth-order valence-electron chi connectivity index (χ4n) is 5.86. The molecule has 0 spiro atoms. The average Bonchev–Trinajstić information content (AvgIpc) is 3.45. The largest absolute Gasteiger partial charge is 0.461 e. The monoisotopic (exact) mass is 651 g/mol. The van der Waals surface area contributed by atoms with E-state index in [9.17, 15) is 23.1 Å². The Labute approximate surface area is 267 Å². The zero-order valence-corrected chi connectivity index (χ0v) is 26.9. The molecule has 1 aromatic heterocycles. The fraction of sp³-hybridized carbons (Fsp3) is 0.515. The van der Waals surface area contributed by atoms with E-state index in [0.29, 0.717) is 31.2 Å². The van der Waals surface area contributed by atoms with Crippen LogP contribution in [0.1, 0.15) is 81.1 Å². The lowest BCUT2D eigenvalue weighted by Crippen LogP contribution is -2.60. The summed E-state index contributed by atoms with van der Waals surface area (Å²) in [5.41, 5.74) is -0.157. The molecule has 45 heavy (non-hydrogen) atoms. The van der Waals surface area contributed by atoms with E-state index in [1.807, 2.05) is 62.9 Å². The van der Waals surface area contributed by atoms with Gasteiger partial charge in [-0.25, -0.2) is 9.69 Å². The van der Waals surface area contributed by atoms with Crippen molar-refractivity contribution >= 4 is 23.6 Å². The van der Waals surface area contributed by atoms with Gasteiger partial charge in [-0.3, -0.25) is 0 Å². The average molecular weight is 652 g/mol. The van der Waals surface area contributed by atoms with Gasteiger partial charge in [-0.05, 0) is 82.7 Å². The van der Waals surface area contributed by atoms with Crippen molar-refractivity contribution in [1.82, 2.24) is 9.88 Å². The Morgan fingerprint density at radius 1 is 1.11 bits per heavy atom. The maximum atomic E-state index is 13.7. The standard InChI is InChI=1S/C33H41ClF3N3O5/c1-6-25-17-26(18-27(15-21-11-9-8-10-12-21)40(25)31(42)45-32(3,4)5)39(30-38-28(20-44-30)29(41)43-7-2)19-22-13-23(33(35,36)37)16-24(34)14-22/h8-14,16,20,25-27,31,42H,6-7,15,17-19H2,1-5H3/t25-,26+,27+,31?/m1/s1. The first kappa shape index (κ1) is 34.7. The molecule has 1 saturated heterocycles. The predicted molar refractivity (Wildman–Crippen MR) is 165 cm³/mol. The predicted octanol–water partition coefficient (Wildman–Crippen LogP) is 7.48. The van der Waals surface area contributed by atoms with E-state index < -0.39 is 29.7 Å². The van der Waals surface area contributed by atoms with Gasteiger partial charge in [0.2, 0.25) is 6.41 Å². The number of aliphatic hydroxyl groups is 1. The molecule has 4 atom stereocenters. The second-order valence-electron chi connectivity index (χ2n) is 12.2. The molecule has 1 fully saturated rings. The molecule has 0 aliphatic carbocycles. The van der Waals surface area contributed by atoms with Gasteiger partial charge in [0.15, 0.2) is 5.69 Å². The number of alkyl halides is 3. The first-order valence-corrected chi connectivity index (χ1v) is 15.5. The van der Waals surface area contributed by atoms with Gasteiger partial charge >= 0.3 is 12.1 Å². The molecule has 3 aromatic rings. The topological polar surface area (TPSA) is 88.3 Å². The Hall–Kier alpha value is -3.12. The van der Waals surface area contributed by atoms with Crippen molar-refractivity contribution in [2.24, 2.45) is 0 Å². The summed E-state index contributed by atoms with van der Waals surface area (Å²) in [6, 6.07) is 12.7. The number of anilines is 1. The van der Waals surface area contributed by atoms with Crippen molar-refractivity contribution in [3.8, 4) is 0 Å². The molecule has 4 rings (SSSR count). The van der Waals surface area contributed by atoms with Crippen LogP contribution < -0.4 is 4.90 Å². The number of halogens is 4. The summed E-state index contributed by atoms with van der Waals surface area (Å²) in [6.07, 6.45) is -2.34. The molecular formula is C33H41ClF3N3O5. The molecule has 12 heteroatoms. The summed E-state index contributed by atoms with van der Waals surface area (Å²) in [4.78, 5) is 20.6. The van der Waals surface area contributed by atoms with Gasteiger partial charge in [-0.15, -0.1) is 0 Å². The van der Waals surface area contributed by atoms with Gasteiger partial charge in [0, 0.05) is 29.7 Å². The van der Waals surface area contributed by atoms with E-state index in [1.165, 1.54) is 12.3 Å². The minimum absolute atomic E-state index is 0.0212. The zero-order valence-electron chi connectivity index (χ0n) is 26.2. The summed E-state index contributed by atoms with van der Waals surface area (Å²) < 4.78 is 58.1. The maximum Gasteiger partial charge on any atom is 0.416 e. The van der Waals surface area contributed by atoms with Crippen LogP contribution >= 0.6 is 11.6 Å². The van der Waals surface area contributed by atoms with Gasteiger partial charge in [-0.2, -0.15) is 18.2 Å². The number of carbonyl (C=O) groups is 1. The molecule has 0 saturated carbocycles. The third-order valence-corrected chi connectivity index (χ3v) is 7.95. The van der Waals surface area contributed by atoms with Gasteiger partial charge in [0.25, 0.3) is 6.01 Å². The van der Waals surface area contributed by atoms with Gasteiger partial charge in [0.1, 0.15) is 6.26 Å². The molecular weight excluding hydrogens is 611 g/mol. The number of aliphatic hydroxyl groups excluding tert-OH is 1. The Morgan fingerprint density at radius 3 is 2.42 bits per heavy atom. The van der Waals surface area contributed by atoms with E-state index in [0.717, 1.165) is 17.7 Å². The van der Waals surface area contributed by atoms with E-state index in [-0.39, 0.29) is 48.0 Å². The molecule has 0 radical (unpaired) electrons. The van der Waals surface area contributed by atoms with Gasteiger partial charge in [-0.1, -0.05) is 48.9 Å². The highest BCUT2D eigenvalue weighted by atomic mass is 35.5. The summed E-state index contributed by atoms with van der Waals surface area (Å²) in [6.45, 7) is 9.44. The van der Waals surface area contributed by atoms with Crippen LogP contribution in [0.3, 0.4) is 0 Å². The molecule has 0 bridgehead atoms. The fourth-order valence-corrected chi connectivity index (χ4v) is 6.12. The molecule has 2 heterocycles. The third kappa shape index (κ3) is 9.22. The molecule has 2 aromatic carbocycles. The number of ether oxygens (including phenoxy) is 2. The molecule has 1 N–H and O–H groups in total. The van der Waals surface area contributed by atoms with E-state index in [4.69, 9.17) is 25.5 Å². The summed E-state index contributed by atoms with van der Waals surface area (Å²) in [7, 11) is 0. The van der Waals surface area contributed by atoms with Crippen molar-refractivity contribution in [3.63, 3.8) is 0 Å². The quantitative estimate of drug-likeness (QED) is 0.169. The number of oxazole rings is 1. The molecule has 8 nitrogen and oxygen atoms in total. The number of nitrogens with zero attached hydrogens (tertiary/aromatic N) is 3. The van der Waals surface area contributed by atoms with Gasteiger partial charge in [0.05, 0.1) is 17.8 Å². The highest BCUT2D eigenvalue weighted by Gasteiger charge is 2.43. The van der Waals surface area contributed by atoms with E-state index >= 15 is 0 Å². The lowest BCUT2D eigenvalue weighted by molar-refractivity contribution is -0.264. The van der Waals surface area contributed by atoms with Crippen LogP contribution in [-0.4, -0.2) is 57.7 Å². The van der Waals surface area contributed by atoms with E-state index in [2.05, 4.69) is 4.98 Å². The van der Waals surface area contributed by atoms with Crippen molar-refractivity contribution in [2.75, 3.05) is 11.5 Å². The lowest BCUT2D eigenvalue weighted by Gasteiger charge is -2.50. The number of rotatable bonds is 11. The SMILES string of the molecule is CCOC(=O)c1coc(N(Cc2cc(Cl)cc(C(F)(F)F)c2)[C@H]2C[C@@H](CC)N(C(O)OC(C)(C)C)[C@@H](Cc3ccccc3)C2)n1. The van der Waals surface area contributed by atoms with Crippen molar-refractivity contribution in [1.29, 1.82) is 0 Å². The molecule has 1 unspecified atom stereocenters. The van der Waals surface area contributed by atoms with Crippen LogP contribution in [0.15, 0.2) is 59.2 Å². The van der Waals surface area contributed by atoms with E-state index in [1.54, 1.807) is 11.8 Å². The number of esters is 1. The van der Waals surface area contributed by atoms with Crippen LogP contribution in [0.5, 0.6) is 0 Å². The molecule has 246 valence electrons. The molecule has 0 amide bonds. The van der Waals surface area contributed by atoms with Crippen molar-refractivity contribution < 1.29 is 37.0 Å². The Balaban J connectivity index is 1.76. The van der Waals surface area contributed by atoms with Gasteiger partial charge < -0.3 is 23.9 Å². The normalized spacial score (nSPS) is 20.2. The van der Waals surface area contributed by atoms with Crippen LogP contribution in [-0.2, 0) is 28.6 Å². The number of likely N-dealkylation sites (tertiary alicyclic amines) is 1. The maximum absolute atomic E-state index is 13.7. The number of carbonyl (C=O) groups excluding carboxylic acids is 1. The number of hydrogen-bond donors (Lipinski definition) is 1. The molecule has 1 aliphatic heterocycles. The number of benzene rings is 2. The van der Waals surface area contributed by atoms with Crippen LogP contribution in [0.25, 0.3) is 0 Å². The Morgan fingerprint density at radius 2 is 1.80 bits per heavy atom. The van der Waals surface area contributed by atoms with Crippen LogP contribution in [0, 0.1) is 0 Å². The minimum Gasteiger partial charge on any atom is -0.461 e. The number of aromatic nitrogens is 1. The number of piperidine rings is 1. The first-order chi connectivity index (χ1) is 21.2. The lowest BCUT2D eigenvalue weighted by atomic mass is 9.86. The molecule has 1 aliphatic rings. The summed E-state index contributed by atoms with van der Waals surface area (Å²) >= 11 is 6.15. The first-order valence-electron chi connectivity index (χ1n) is 15.1. The third-order valence-electron chi connectivity index (χ3n) is 7.73. The summed E-state index contributed by atoms with van der Waals surface area (Å²) in [5, 5.41) is 11.3. The van der Waals surface area contributed by atoms with Crippen LogP contribution in [0.4, 0.5) is 19.2 Å². The smallest absolute Gasteiger partial charge is 0.416 e. The highest BCUT2D eigenvalue weighted by molar-refractivity contribution is 6.30. The Kier molecular flexibility index (Phi) is 11.2. The number of hydrogen-bond acceptors (Lipinski definition) is 8. The second kappa shape index (κ2) is 14.5. The highest BCUT2D eigenvalue weighted by Crippen LogP contribution is 2.37. The van der Waals surface area contributed by atoms with Crippen LogP contribution in [0.2, 0.25) is 5.02 Å². The zero-order chi connectivity index (χ0) is 32.9. The van der Waals surface area contributed by atoms with Crippen molar-refractivity contribution in [3.05, 3.63) is 82.2 Å². The van der Waals surface area contributed by atoms with Crippen molar-refractivity contribution in [2.45, 2.75) is 103 Å².